The molecular weight excluding hydrogens is 240 g/mol. The number of nitrogens with zero attached hydrogens (tertiary/aromatic N) is 1. The van der Waals surface area contributed by atoms with Crippen molar-refractivity contribution in [2.45, 2.75) is 32.8 Å². The van der Waals surface area contributed by atoms with Crippen LogP contribution in [0.2, 0.25) is 0 Å². The predicted octanol–water partition coefficient (Wildman–Crippen LogP) is 1.23. The van der Waals surface area contributed by atoms with Crippen molar-refractivity contribution in [2.24, 2.45) is 0 Å². The highest BCUT2D eigenvalue weighted by Crippen LogP contribution is 2.17. The van der Waals surface area contributed by atoms with Crippen molar-refractivity contribution in [3.63, 3.8) is 0 Å². The third kappa shape index (κ3) is 4.17. The molecule has 1 rings (SSSR count). The molecule has 100 valence electrons. The first-order valence-corrected chi connectivity index (χ1v) is 5.51. The Kier molecular flexibility index (Phi) is 4.85. The molecular formula is C11H16N2O5. The summed E-state index contributed by atoms with van der Waals surface area (Å²) in [7, 11) is 0. The van der Waals surface area contributed by atoms with Gasteiger partial charge in [-0.2, -0.15) is 0 Å². The summed E-state index contributed by atoms with van der Waals surface area (Å²) < 4.78 is 9.72. The Morgan fingerprint density at radius 1 is 1.50 bits per heavy atom. The molecule has 2 N–H and O–H groups in total. The molecule has 0 saturated heterocycles. The van der Waals surface area contributed by atoms with Crippen LogP contribution in [0.1, 0.15) is 32.4 Å². The minimum Gasteiger partial charge on any atom is -0.479 e. The van der Waals surface area contributed by atoms with Crippen LogP contribution in [0.15, 0.2) is 10.6 Å². The fourth-order valence-corrected chi connectivity index (χ4v) is 1.07. The summed E-state index contributed by atoms with van der Waals surface area (Å²) in [6.07, 6.45) is -1.03. The Hall–Kier alpha value is -1.89. The van der Waals surface area contributed by atoms with Crippen molar-refractivity contribution in [3.8, 4) is 0 Å². The van der Waals surface area contributed by atoms with Gasteiger partial charge in [0.25, 0.3) is 5.91 Å². The van der Waals surface area contributed by atoms with Gasteiger partial charge in [0.05, 0.1) is 5.69 Å². The third-order valence-corrected chi connectivity index (χ3v) is 2.19. The number of carboxylic acids is 1. The summed E-state index contributed by atoms with van der Waals surface area (Å²) >= 11 is 0. The molecule has 1 aromatic rings. The van der Waals surface area contributed by atoms with Gasteiger partial charge in [-0.1, -0.05) is 19.0 Å². The molecule has 1 atom stereocenters. The minimum absolute atomic E-state index is 0.197. The highest BCUT2D eigenvalue weighted by atomic mass is 16.5. The van der Waals surface area contributed by atoms with E-state index in [4.69, 9.17) is 14.4 Å². The molecule has 1 amide bonds. The monoisotopic (exact) mass is 256 g/mol. The first-order chi connectivity index (χ1) is 8.40. The van der Waals surface area contributed by atoms with Crippen LogP contribution in [0.25, 0.3) is 0 Å². The number of hydrogen-bond acceptors (Lipinski definition) is 5. The van der Waals surface area contributed by atoms with Crippen LogP contribution in [0.4, 0.5) is 5.88 Å². The zero-order valence-corrected chi connectivity index (χ0v) is 10.5. The second-order valence-electron chi connectivity index (χ2n) is 4.11. The van der Waals surface area contributed by atoms with E-state index < -0.39 is 18.0 Å². The van der Waals surface area contributed by atoms with Gasteiger partial charge in [0, 0.05) is 6.07 Å². The van der Waals surface area contributed by atoms with E-state index in [0.717, 1.165) is 5.69 Å². The second kappa shape index (κ2) is 6.15. The summed E-state index contributed by atoms with van der Waals surface area (Å²) in [6.45, 7) is 4.88. The van der Waals surface area contributed by atoms with Crippen molar-refractivity contribution in [3.05, 3.63) is 11.8 Å². The number of nitrogens with one attached hydrogen (secondary N) is 1. The van der Waals surface area contributed by atoms with E-state index in [1.165, 1.54) is 6.92 Å². The number of aliphatic carboxylic acids is 1. The molecule has 1 unspecified atom stereocenters. The van der Waals surface area contributed by atoms with E-state index in [1.807, 2.05) is 13.8 Å². The second-order valence-corrected chi connectivity index (χ2v) is 4.11. The van der Waals surface area contributed by atoms with Crippen LogP contribution >= 0.6 is 0 Å². The summed E-state index contributed by atoms with van der Waals surface area (Å²) in [5, 5.41) is 14.8. The Morgan fingerprint density at radius 3 is 2.67 bits per heavy atom. The van der Waals surface area contributed by atoms with Gasteiger partial charge in [-0.25, -0.2) is 4.79 Å². The summed E-state index contributed by atoms with van der Waals surface area (Å²) in [4.78, 5) is 21.9. The van der Waals surface area contributed by atoms with E-state index in [1.54, 1.807) is 6.07 Å². The molecule has 0 aliphatic carbocycles. The molecule has 1 heterocycles. The number of aromatic nitrogens is 1. The molecule has 0 aliphatic rings. The summed E-state index contributed by atoms with van der Waals surface area (Å²) in [5.41, 5.74) is 0.727. The predicted molar refractivity (Wildman–Crippen MR) is 62.3 cm³/mol. The van der Waals surface area contributed by atoms with Gasteiger partial charge in [-0.05, 0) is 12.8 Å². The third-order valence-electron chi connectivity index (χ3n) is 2.19. The average Bonchev–Trinajstić information content (AvgIpc) is 2.74. The highest BCUT2D eigenvalue weighted by Gasteiger charge is 2.15. The van der Waals surface area contributed by atoms with Gasteiger partial charge in [-0.15, -0.1) is 0 Å². The molecule has 18 heavy (non-hydrogen) atoms. The number of carbonyl (C=O) groups is 2. The van der Waals surface area contributed by atoms with Crippen LogP contribution in [-0.2, 0) is 14.3 Å². The quantitative estimate of drug-likeness (QED) is 0.793. The van der Waals surface area contributed by atoms with Gasteiger partial charge >= 0.3 is 5.97 Å². The average molecular weight is 256 g/mol. The first kappa shape index (κ1) is 14.2. The normalized spacial score (nSPS) is 12.4. The maximum Gasteiger partial charge on any atom is 0.332 e. The maximum atomic E-state index is 11.4. The van der Waals surface area contributed by atoms with E-state index >= 15 is 0 Å². The molecule has 0 aromatic carbocycles. The van der Waals surface area contributed by atoms with Gasteiger partial charge in [-0.3, -0.25) is 10.1 Å². The molecule has 7 nitrogen and oxygen atoms in total. The van der Waals surface area contributed by atoms with Crippen LogP contribution in [0.5, 0.6) is 0 Å². The number of anilines is 1. The summed E-state index contributed by atoms with van der Waals surface area (Å²) in [6, 6.07) is 1.61. The van der Waals surface area contributed by atoms with Crippen molar-refractivity contribution in [2.75, 3.05) is 11.9 Å². The van der Waals surface area contributed by atoms with Crippen LogP contribution in [-0.4, -0.2) is 34.9 Å². The number of ether oxygens (including phenoxy) is 1. The number of hydrogen-bond donors (Lipinski definition) is 2. The van der Waals surface area contributed by atoms with Crippen LogP contribution in [0, 0.1) is 0 Å². The Balaban J connectivity index is 2.42. The highest BCUT2D eigenvalue weighted by molar-refractivity contribution is 5.90. The molecule has 1 aromatic heterocycles. The van der Waals surface area contributed by atoms with Gasteiger partial charge in [0.2, 0.25) is 5.88 Å². The topological polar surface area (TPSA) is 102 Å². The minimum atomic E-state index is -1.12. The van der Waals surface area contributed by atoms with Gasteiger partial charge < -0.3 is 14.4 Å². The Bertz CT molecular complexity index is 427. The molecule has 0 spiro atoms. The lowest BCUT2D eigenvalue weighted by Gasteiger charge is -2.07. The molecule has 0 bridgehead atoms. The Morgan fingerprint density at radius 2 is 2.17 bits per heavy atom. The standard InChI is InChI=1S/C11H16N2O5/c1-6(2)8-4-10(18-13-8)12-9(14)5-17-7(3)11(15)16/h4,6-7H,5H2,1-3H3,(H,12,14)(H,15,16). The molecule has 7 heteroatoms. The van der Waals surface area contributed by atoms with E-state index in [-0.39, 0.29) is 18.4 Å². The number of carboxylic acid groups (broad SMARTS) is 1. The van der Waals surface area contributed by atoms with Gasteiger partial charge in [0.15, 0.2) is 6.10 Å². The van der Waals surface area contributed by atoms with Crippen molar-refractivity contribution in [1.82, 2.24) is 5.16 Å². The molecule has 0 fully saturated rings. The number of amides is 1. The fraction of sp³-hybridized carbons (Fsp3) is 0.545. The van der Waals surface area contributed by atoms with E-state index in [9.17, 15) is 9.59 Å². The number of carbonyl (C=O) groups excluding carboxylic acids is 1. The zero-order valence-electron chi connectivity index (χ0n) is 10.5. The first-order valence-electron chi connectivity index (χ1n) is 5.51. The van der Waals surface area contributed by atoms with E-state index in [0.29, 0.717) is 0 Å². The van der Waals surface area contributed by atoms with Crippen molar-refractivity contribution in [1.29, 1.82) is 0 Å². The van der Waals surface area contributed by atoms with Crippen molar-refractivity contribution >= 4 is 17.8 Å². The lowest BCUT2D eigenvalue weighted by molar-refractivity contribution is -0.150. The summed E-state index contributed by atoms with van der Waals surface area (Å²) in [5.74, 6) is -1.20. The Labute approximate surface area is 104 Å². The van der Waals surface area contributed by atoms with Crippen molar-refractivity contribution < 1.29 is 24.0 Å². The molecule has 0 aliphatic heterocycles. The maximum absolute atomic E-state index is 11.4. The largest absolute Gasteiger partial charge is 0.479 e. The van der Waals surface area contributed by atoms with Crippen LogP contribution < -0.4 is 5.32 Å². The SMILES string of the molecule is CC(OCC(=O)Nc1cc(C(C)C)no1)C(=O)O. The lowest BCUT2D eigenvalue weighted by atomic mass is 10.1. The van der Waals surface area contributed by atoms with E-state index in [2.05, 4.69) is 10.5 Å². The zero-order chi connectivity index (χ0) is 13.7. The van der Waals surface area contributed by atoms with Crippen LogP contribution in [0.3, 0.4) is 0 Å². The molecule has 0 radical (unpaired) electrons. The lowest BCUT2D eigenvalue weighted by Crippen LogP contribution is -2.26. The smallest absolute Gasteiger partial charge is 0.332 e. The number of rotatable bonds is 6. The molecule has 0 saturated carbocycles. The van der Waals surface area contributed by atoms with Gasteiger partial charge in [0.1, 0.15) is 6.61 Å². The fourth-order valence-electron chi connectivity index (χ4n) is 1.07.